The van der Waals surface area contributed by atoms with Crippen LogP contribution in [0.1, 0.15) is 60.0 Å². The molecule has 0 spiro atoms. The Balaban J connectivity index is 1.40. The van der Waals surface area contributed by atoms with Gasteiger partial charge in [-0.3, -0.25) is 24.5 Å². The molecule has 8 heteroatoms. The number of amides is 4. The lowest BCUT2D eigenvalue weighted by Crippen LogP contribution is -2.52. The highest BCUT2D eigenvalue weighted by atomic mass is 16.2. The third-order valence-electron chi connectivity index (χ3n) is 6.16. The first kappa shape index (κ1) is 21.1. The van der Waals surface area contributed by atoms with Gasteiger partial charge in [0.05, 0.1) is 0 Å². The highest BCUT2D eigenvalue weighted by molar-refractivity contribution is 6.05. The van der Waals surface area contributed by atoms with Crippen molar-refractivity contribution < 1.29 is 19.2 Å². The van der Waals surface area contributed by atoms with Gasteiger partial charge in [-0.15, -0.1) is 0 Å². The number of fused-ring (bicyclic) bond motifs is 1. The van der Waals surface area contributed by atoms with Gasteiger partial charge in [0.25, 0.3) is 5.91 Å². The Morgan fingerprint density at radius 2 is 1.94 bits per heavy atom. The number of benzene rings is 1. The summed E-state index contributed by atoms with van der Waals surface area (Å²) in [5.41, 5.74) is 7.95. The lowest BCUT2D eigenvalue weighted by atomic mass is 10.0. The fraction of sp³-hybridized carbons (Fsp3) is 0.478. The van der Waals surface area contributed by atoms with E-state index in [1.165, 1.54) is 4.90 Å². The molecule has 1 aromatic rings. The number of nitrogens with one attached hydrogen (secondary N) is 1. The van der Waals surface area contributed by atoms with E-state index < -0.39 is 11.9 Å². The molecule has 31 heavy (non-hydrogen) atoms. The predicted octanol–water partition coefficient (Wildman–Crippen LogP) is 0.529. The van der Waals surface area contributed by atoms with Gasteiger partial charge in [0.15, 0.2) is 0 Å². The third-order valence-corrected chi connectivity index (χ3v) is 6.16. The SMILES string of the molecule is NC1CCN(C(=O)CCC#Cc2cccc3c2CN(C2CCC(=O)NC2=O)C3=O)CC1. The average Bonchev–Trinajstić information content (AvgIpc) is 3.09. The number of hydrogen-bond donors (Lipinski definition) is 2. The van der Waals surface area contributed by atoms with E-state index in [0.717, 1.165) is 24.0 Å². The van der Waals surface area contributed by atoms with Gasteiger partial charge < -0.3 is 15.5 Å². The van der Waals surface area contributed by atoms with E-state index in [1.54, 1.807) is 12.1 Å². The first-order valence-corrected chi connectivity index (χ1v) is 10.7. The Labute approximate surface area is 181 Å². The predicted molar refractivity (Wildman–Crippen MR) is 112 cm³/mol. The van der Waals surface area contributed by atoms with Crippen LogP contribution in [0, 0.1) is 11.8 Å². The van der Waals surface area contributed by atoms with Crippen molar-refractivity contribution in [2.75, 3.05) is 13.1 Å². The summed E-state index contributed by atoms with van der Waals surface area (Å²) in [5.74, 6) is 5.30. The van der Waals surface area contributed by atoms with Gasteiger partial charge in [-0.2, -0.15) is 0 Å². The maximum absolute atomic E-state index is 12.8. The van der Waals surface area contributed by atoms with Crippen LogP contribution in [0.3, 0.4) is 0 Å². The van der Waals surface area contributed by atoms with Crippen molar-refractivity contribution in [2.24, 2.45) is 5.73 Å². The minimum atomic E-state index is -0.645. The second-order valence-electron chi connectivity index (χ2n) is 8.25. The number of rotatable bonds is 3. The van der Waals surface area contributed by atoms with Crippen LogP contribution >= 0.6 is 0 Å². The van der Waals surface area contributed by atoms with Gasteiger partial charge in [-0.25, -0.2) is 0 Å². The van der Waals surface area contributed by atoms with Crippen molar-refractivity contribution in [3.63, 3.8) is 0 Å². The first-order chi connectivity index (χ1) is 14.9. The molecular formula is C23H26N4O4. The molecule has 3 aliphatic rings. The van der Waals surface area contributed by atoms with Gasteiger partial charge in [-0.1, -0.05) is 17.9 Å². The molecule has 1 atom stereocenters. The maximum atomic E-state index is 12.8. The number of carbonyl (C=O) groups is 4. The number of nitrogens with zero attached hydrogens (tertiary/aromatic N) is 2. The Morgan fingerprint density at radius 3 is 2.68 bits per heavy atom. The van der Waals surface area contributed by atoms with E-state index in [0.29, 0.717) is 37.9 Å². The smallest absolute Gasteiger partial charge is 0.255 e. The summed E-state index contributed by atoms with van der Waals surface area (Å²) in [7, 11) is 0. The minimum Gasteiger partial charge on any atom is -0.343 e. The van der Waals surface area contributed by atoms with Crippen molar-refractivity contribution in [3.8, 4) is 11.8 Å². The molecule has 4 amide bonds. The maximum Gasteiger partial charge on any atom is 0.255 e. The fourth-order valence-corrected chi connectivity index (χ4v) is 4.34. The topological polar surface area (TPSA) is 113 Å². The van der Waals surface area contributed by atoms with Gasteiger partial charge in [-0.05, 0) is 37.0 Å². The van der Waals surface area contributed by atoms with Gasteiger partial charge in [0.2, 0.25) is 17.7 Å². The van der Waals surface area contributed by atoms with Crippen LogP contribution in [0.4, 0.5) is 0 Å². The summed E-state index contributed by atoms with van der Waals surface area (Å²) in [6.45, 7) is 1.70. The lowest BCUT2D eigenvalue weighted by Gasteiger charge is -2.30. The highest BCUT2D eigenvalue weighted by Crippen LogP contribution is 2.29. The number of likely N-dealkylation sites (tertiary alicyclic amines) is 1. The summed E-state index contributed by atoms with van der Waals surface area (Å²) in [6, 6.07) is 4.90. The monoisotopic (exact) mass is 422 g/mol. The number of nitrogens with two attached hydrogens (primary N) is 1. The van der Waals surface area contributed by atoms with Crippen LogP contribution in [-0.2, 0) is 20.9 Å². The molecule has 0 saturated carbocycles. The standard InChI is InChI=1S/C23H26N4O4/c24-16-10-12-26(13-11-16)21(29)7-2-1-4-15-5-3-6-17-18(15)14-27(23(17)31)19-8-9-20(28)25-22(19)30/h3,5-6,16,19H,2,7-14,24H2,(H,25,28,30). The van der Waals surface area contributed by atoms with E-state index in [1.807, 2.05) is 11.0 Å². The van der Waals surface area contributed by atoms with Crippen molar-refractivity contribution in [1.82, 2.24) is 15.1 Å². The zero-order valence-electron chi connectivity index (χ0n) is 17.4. The summed E-state index contributed by atoms with van der Waals surface area (Å²) in [6.07, 6.45) is 3.03. The summed E-state index contributed by atoms with van der Waals surface area (Å²) >= 11 is 0. The molecule has 3 aliphatic heterocycles. The summed E-state index contributed by atoms with van der Waals surface area (Å²) < 4.78 is 0. The van der Waals surface area contributed by atoms with E-state index >= 15 is 0 Å². The molecule has 0 radical (unpaired) electrons. The molecule has 8 nitrogen and oxygen atoms in total. The number of imide groups is 1. The van der Waals surface area contributed by atoms with Gasteiger partial charge in [0.1, 0.15) is 6.04 Å². The average molecular weight is 422 g/mol. The number of carbonyl (C=O) groups excluding carboxylic acids is 4. The molecule has 0 aromatic heterocycles. The van der Waals surface area contributed by atoms with E-state index in [-0.39, 0.29) is 36.7 Å². The zero-order valence-corrected chi connectivity index (χ0v) is 17.4. The lowest BCUT2D eigenvalue weighted by molar-refractivity contribution is -0.137. The minimum absolute atomic E-state index is 0.0960. The van der Waals surface area contributed by atoms with Crippen LogP contribution in [0.25, 0.3) is 0 Å². The molecule has 0 bridgehead atoms. The van der Waals surface area contributed by atoms with E-state index in [4.69, 9.17) is 5.73 Å². The van der Waals surface area contributed by atoms with E-state index in [9.17, 15) is 19.2 Å². The largest absolute Gasteiger partial charge is 0.343 e. The zero-order chi connectivity index (χ0) is 22.0. The third kappa shape index (κ3) is 4.47. The van der Waals surface area contributed by atoms with Crippen LogP contribution < -0.4 is 11.1 Å². The van der Waals surface area contributed by atoms with Crippen LogP contribution in [-0.4, -0.2) is 58.6 Å². The Kier molecular flexibility index (Phi) is 6.05. The van der Waals surface area contributed by atoms with Gasteiger partial charge >= 0.3 is 0 Å². The second kappa shape index (κ2) is 8.90. The quantitative estimate of drug-likeness (QED) is 0.545. The molecule has 0 aliphatic carbocycles. The summed E-state index contributed by atoms with van der Waals surface area (Å²) in [4.78, 5) is 52.1. The van der Waals surface area contributed by atoms with Crippen LogP contribution in [0.5, 0.6) is 0 Å². The van der Waals surface area contributed by atoms with Crippen molar-refractivity contribution in [3.05, 3.63) is 34.9 Å². The second-order valence-corrected chi connectivity index (χ2v) is 8.25. The normalized spacial score (nSPS) is 21.5. The van der Waals surface area contributed by atoms with Crippen LogP contribution in [0.2, 0.25) is 0 Å². The Hall–Kier alpha value is -3.18. The molecule has 1 unspecified atom stereocenters. The molecular weight excluding hydrogens is 396 g/mol. The molecule has 2 saturated heterocycles. The molecule has 3 N–H and O–H groups in total. The molecule has 4 rings (SSSR count). The van der Waals surface area contributed by atoms with Crippen molar-refractivity contribution in [2.45, 2.75) is 57.2 Å². The van der Waals surface area contributed by atoms with Crippen molar-refractivity contribution >= 4 is 23.6 Å². The van der Waals surface area contributed by atoms with Crippen molar-refractivity contribution in [1.29, 1.82) is 0 Å². The van der Waals surface area contributed by atoms with E-state index in [2.05, 4.69) is 17.2 Å². The highest BCUT2D eigenvalue weighted by Gasteiger charge is 2.39. The van der Waals surface area contributed by atoms with Gasteiger partial charge in [0, 0.05) is 56.1 Å². The Morgan fingerprint density at radius 1 is 1.16 bits per heavy atom. The first-order valence-electron chi connectivity index (χ1n) is 10.7. The Bertz CT molecular complexity index is 985. The molecule has 2 fully saturated rings. The molecule has 162 valence electrons. The molecule has 1 aromatic carbocycles. The number of hydrogen-bond acceptors (Lipinski definition) is 5. The van der Waals surface area contributed by atoms with Crippen LogP contribution in [0.15, 0.2) is 18.2 Å². The number of piperidine rings is 2. The molecule has 3 heterocycles. The summed E-state index contributed by atoms with van der Waals surface area (Å²) in [5, 5.41) is 2.31. The fourth-order valence-electron chi connectivity index (χ4n) is 4.34.